The van der Waals surface area contributed by atoms with E-state index in [2.05, 4.69) is 23.4 Å². The lowest BCUT2D eigenvalue weighted by Crippen LogP contribution is -2.30. The predicted octanol–water partition coefficient (Wildman–Crippen LogP) is 3.04. The van der Waals surface area contributed by atoms with Gasteiger partial charge in [0.25, 0.3) is 0 Å². The Labute approximate surface area is 129 Å². The van der Waals surface area contributed by atoms with Crippen LogP contribution in [0, 0.1) is 5.82 Å². The van der Waals surface area contributed by atoms with E-state index in [1.165, 1.54) is 11.8 Å². The third kappa shape index (κ3) is 4.32. The van der Waals surface area contributed by atoms with E-state index in [9.17, 15) is 4.39 Å². The molecule has 0 aliphatic carbocycles. The Hall–Kier alpha value is -1.33. The normalized spacial score (nSPS) is 12.6. The van der Waals surface area contributed by atoms with Gasteiger partial charge in [-0.1, -0.05) is 19.1 Å². The Balaban J connectivity index is 1.97. The lowest BCUT2D eigenvalue weighted by atomic mass is 10.1. The van der Waals surface area contributed by atoms with Gasteiger partial charge in [-0.2, -0.15) is 5.10 Å². The Kier molecular flexibility index (Phi) is 5.82. The van der Waals surface area contributed by atoms with Crippen molar-refractivity contribution in [1.29, 1.82) is 0 Å². The standard InChI is InChI=1S/C16H22FN3S/c1-4-12-9-14(20(3)19-12)10-13(18-2)11-21-16-8-6-5-7-15(16)17/h5-9,13,18H,4,10-11H2,1-3H3. The number of likely N-dealkylation sites (N-methyl/N-ethyl adjacent to an activating group) is 1. The summed E-state index contributed by atoms with van der Waals surface area (Å²) in [7, 11) is 3.93. The number of nitrogens with one attached hydrogen (secondary N) is 1. The van der Waals surface area contributed by atoms with Crippen molar-refractivity contribution >= 4 is 11.8 Å². The first-order valence-corrected chi connectivity index (χ1v) is 8.19. The predicted molar refractivity (Wildman–Crippen MR) is 86.3 cm³/mol. The minimum absolute atomic E-state index is 0.147. The lowest BCUT2D eigenvalue weighted by Gasteiger charge is -2.16. The molecule has 0 spiro atoms. The van der Waals surface area contributed by atoms with Crippen molar-refractivity contribution in [3.63, 3.8) is 0 Å². The maximum absolute atomic E-state index is 13.6. The number of aryl methyl sites for hydroxylation is 2. The Morgan fingerprint density at radius 2 is 2.14 bits per heavy atom. The van der Waals surface area contributed by atoms with Crippen molar-refractivity contribution in [2.24, 2.45) is 7.05 Å². The summed E-state index contributed by atoms with van der Waals surface area (Å²) in [6.07, 6.45) is 1.84. The minimum atomic E-state index is -0.147. The highest BCUT2D eigenvalue weighted by atomic mass is 32.2. The fourth-order valence-corrected chi connectivity index (χ4v) is 3.23. The number of nitrogens with zero attached hydrogens (tertiary/aromatic N) is 2. The van der Waals surface area contributed by atoms with E-state index in [0.717, 1.165) is 24.3 Å². The van der Waals surface area contributed by atoms with Gasteiger partial charge in [-0.25, -0.2) is 4.39 Å². The summed E-state index contributed by atoms with van der Waals surface area (Å²) < 4.78 is 15.6. The van der Waals surface area contributed by atoms with Crippen LogP contribution < -0.4 is 5.32 Å². The molecule has 1 aromatic heterocycles. The molecular formula is C16H22FN3S. The van der Waals surface area contributed by atoms with Gasteiger partial charge in [0.2, 0.25) is 0 Å². The molecule has 2 aromatic rings. The molecule has 1 N–H and O–H groups in total. The van der Waals surface area contributed by atoms with Crippen LogP contribution in [0.3, 0.4) is 0 Å². The van der Waals surface area contributed by atoms with E-state index >= 15 is 0 Å². The van der Waals surface area contributed by atoms with Crippen LogP contribution in [0.4, 0.5) is 4.39 Å². The van der Waals surface area contributed by atoms with Crippen molar-refractivity contribution in [2.45, 2.75) is 30.7 Å². The number of hydrogen-bond acceptors (Lipinski definition) is 3. The maximum atomic E-state index is 13.6. The zero-order valence-electron chi connectivity index (χ0n) is 12.8. The molecule has 114 valence electrons. The number of aromatic nitrogens is 2. The molecule has 0 aliphatic rings. The topological polar surface area (TPSA) is 29.9 Å². The largest absolute Gasteiger partial charge is 0.316 e. The van der Waals surface area contributed by atoms with Crippen molar-refractivity contribution < 1.29 is 4.39 Å². The van der Waals surface area contributed by atoms with Crippen LogP contribution in [-0.2, 0) is 19.9 Å². The molecule has 0 bridgehead atoms. The van der Waals surface area contributed by atoms with Crippen LogP contribution in [0.15, 0.2) is 35.2 Å². The third-order valence-electron chi connectivity index (χ3n) is 3.53. The molecule has 0 saturated carbocycles. The molecule has 0 radical (unpaired) electrons. The van der Waals surface area contributed by atoms with Crippen LogP contribution in [0.5, 0.6) is 0 Å². The zero-order chi connectivity index (χ0) is 15.2. The molecule has 1 heterocycles. The average molecular weight is 307 g/mol. The highest BCUT2D eigenvalue weighted by Crippen LogP contribution is 2.22. The van der Waals surface area contributed by atoms with E-state index in [1.54, 1.807) is 17.8 Å². The molecule has 5 heteroatoms. The molecule has 0 amide bonds. The molecule has 21 heavy (non-hydrogen) atoms. The molecule has 1 unspecified atom stereocenters. The molecule has 0 saturated heterocycles. The fraction of sp³-hybridized carbons (Fsp3) is 0.438. The van der Waals surface area contributed by atoms with Crippen LogP contribution in [-0.4, -0.2) is 28.6 Å². The first kappa shape index (κ1) is 16.0. The zero-order valence-corrected chi connectivity index (χ0v) is 13.6. The van der Waals surface area contributed by atoms with Gasteiger partial charge in [-0.15, -0.1) is 11.8 Å². The second kappa shape index (κ2) is 7.61. The molecule has 0 aliphatic heterocycles. The van der Waals surface area contributed by atoms with Gasteiger partial charge in [-0.05, 0) is 31.7 Å². The van der Waals surface area contributed by atoms with Gasteiger partial charge in [0.1, 0.15) is 5.82 Å². The van der Waals surface area contributed by atoms with Crippen molar-refractivity contribution in [2.75, 3.05) is 12.8 Å². The van der Waals surface area contributed by atoms with E-state index in [0.29, 0.717) is 4.90 Å². The first-order chi connectivity index (χ1) is 10.1. The highest BCUT2D eigenvalue weighted by molar-refractivity contribution is 7.99. The van der Waals surface area contributed by atoms with Gasteiger partial charge >= 0.3 is 0 Å². The molecule has 3 nitrogen and oxygen atoms in total. The lowest BCUT2D eigenvalue weighted by molar-refractivity contribution is 0.579. The second-order valence-electron chi connectivity index (χ2n) is 5.04. The summed E-state index contributed by atoms with van der Waals surface area (Å²) in [6, 6.07) is 9.36. The van der Waals surface area contributed by atoms with E-state index in [1.807, 2.05) is 30.9 Å². The number of hydrogen-bond donors (Lipinski definition) is 1. The van der Waals surface area contributed by atoms with Gasteiger partial charge in [0, 0.05) is 35.9 Å². The first-order valence-electron chi connectivity index (χ1n) is 7.20. The minimum Gasteiger partial charge on any atom is -0.316 e. The number of benzene rings is 1. The summed E-state index contributed by atoms with van der Waals surface area (Å²) in [5.41, 5.74) is 2.32. The third-order valence-corrected chi connectivity index (χ3v) is 4.74. The summed E-state index contributed by atoms with van der Waals surface area (Å²) >= 11 is 1.55. The van der Waals surface area contributed by atoms with E-state index in [4.69, 9.17) is 0 Å². The maximum Gasteiger partial charge on any atom is 0.136 e. The van der Waals surface area contributed by atoms with Crippen LogP contribution in [0.2, 0.25) is 0 Å². The van der Waals surface area contributed by atoms with Crippen molar-refractivity contribution in [3.8, 4) is 0 Å². The van der Waals surface area contributed by atoms with E-state index < -0.39 is 0 Å². The number of halogens is 1. The van der Waals surface area contributed by atoms with Gasteiger partial charge in [0.15, 0.2) is 0 Å². The molecule has 0 fully saturated rings. The Bertz CT molecular complexity index is 583. The molecule has 1 aromatic carbocycles. The Morgan fingerprint density at radius 1 is 1.38 bits per heavy atom. The number of thioether (sulfide) groups is 1. The molecule has 2 rings (SSSR count). The number of rotatable bonds is 7. The highest BCUT2D eigenvalue weighted by Gasteiger charge is 2.13. The van der Waals surface area contributed by atoms with Crippen LogP contribution in [0.1, 0.15) is 18.3 Å². The van der Waals surface area contributed by atoms with Gasteiger partial charge < -0.3 is 5.32 Å². The van der Waals surface area contributed by atoms with Gasteiger partial charge in [0.05, 0.1) is 5.69 Å². The van der Waals surface area contributed by atoms with E-state index in [-0.39, 0.29) is 11.9 Å². The summed E-state index contributed by atoms with van der Waals surface area (Å²) in [5, 5.41) is 7.78. The van der Waals surface area contributed by atoms with Crippen LogP contribution >= 0.6 is 11.8 Å². The molecule has 1 atom stereocenters. The fourth-order valence-electron chi connectivity index (χ4n) is 2.18. The monoisotopic (exact) mass is 307 g/mol. The molecular weight excluding hydrogens is 285 g/mol. The van der Waals surface area contributed by atoms with Crippen molar-refractivity contribution in [3.05, 3.63) is 47.5 Å². The van der Waals surface area contributed by atoms with Crippen LogP contribution in [0.25, 0.3) is 0 Å². The Morgan fingerprint density at radius 3 is 2.76 bits per heavy atom. The summed E-state index contributed by atoms with van der Waals surface area (Å²) in [4.78, 5) is 0.706. The average Bonchev–Trinajstić information content (AvgIpc) is 2.85. The quantitative estimate of drug-likeness (QED) is 0.797. The SMILES string of the molecule is CCc1cc(CC(CSc2ccccc2F)NC)n(C)n1. The smallest absolute Gasteiger partial charge is 0.136 e. The van der Waals surface area contributed by atoms with Crippen molar-refractivity contribution in [1.82, 2.24) is 15.1 Å². The summed E-state index contributed by atoms with van der Waals surface area (Å²) in [6.45, 7) is 2.11. The summed E-state index contributed by atoms with van der Waals surface area (Å²) in [5.74, 6) is 0.676. The van der Waals surface area contributed by atoms with Gasteiger partial charge in [-0.3, -0.25) is 4.68 Å². The second-order valence-corrected chi connectivity index (χ2v) is 6.10.